The molecule has 0 aliphatic rings. The minimum absolute atomic E-state index is 0.204. The van der Waals surface area contributed by atoms with E-state index in [1.807, 2.05) is 30.3 Å². The zero-order chi connectivity index (χ0) is 16.4. The molecule has 0 aliphatic heterocycles. The van der Waals surface area contributed by atoms with Gasteiger partial charge in [0, 0.05) is 17.6 Å². The summed E-state index contributed by atoms with van der Waals surface area (Å²) in [4.78, 5) is 29.5. The Labute approximate surface area is 133 Å². The van der Waals surface area contributed by atoms with Crippen molar-refractivity contribution in [3.63, 3.8) is 0 Å². The second-order valence-corrected chi connectivity index (χ2v) is 5.06. The third kappa shape index (κ3) is 2.50. The summed E-state index contributed by atoms with van der Waals surface area (Å²) < 4.78 is 6.68. The van der Waals surface area contributed by atoms with Crippen LogP contribution in [-0.4, -0.2) is 22.1 Å². The van der Waals surface area contributed by atoms with E-state index in [9.17, 15) is 9.59 Å². The van der Waals surface area contributed by atoms with E-state index in [1.165, 1.54) is 4.57 Å². The molecule has 0 bridgehead atoms. The molecule has 0 spiro atoms. The van der Waals surface area contributed by atoms with Crippen LogP contribution in [0.5, 0.6) is 0 Å². The van der Waals surface area contributed by atoms with Crippen molar-refractivity contribution in [3.8, 4) is 5.69 Å². The molecule has 0 atom stereocenters. The molecule has 2 aromatic heterocycles. The van der Waals surface area contributed by atoms with Gasteiger partial charge in [-0.05, 0) is 38.1 Å². The van der Waals surface area contributed by atoms with Gasteiger partial charge in [0.15, 0.2) is 0 Å². The summed E-state index contributed by atoms with van der Waals surface area (Å²) in [6, 6.07) is 12.6. The first kappa shape index (κ1) is 15.0. The van der Waals surface area contributed by atoms with Crippen molar-refractivity contribution in [2.24, 2.45) is 0 Å². The Balaban J connectivity index is 2.43. The van der Waals surface area contributed by atoms with Crippen molar-refractivity contribution in [1.29, 1.82) is 0 Å². The lowest BCUT2D eigenvalue weighted by molar-refractivity contribution is 0.0526. The van der Waals surface area contributed by atoms with Gasteiger partial charge in [-0.1, -0.05) is 18.2 Å². The van der Waals surface area contributed by atoms with Crippen LogP contribution < -0.4 is 5.56 Å². The first-order valence-electron chi connectivity index (χ1n) is 7.38. The third-order valence-corrected chi connectivity index (χ3v) is 3.67. The maximum atomic E-state index is 12.9. The van der Waals surface area contributed by atoms with E-state index in [4.69, 9.17) is 4.74 Å². The second-order valence-electron chi connectivity index (χ2n) is 5.06. The lowest BCUT2D eigenvalue weighted by Gasteiger charge is -2.15. The fourth-order valence-corrected chi connectivity index (χ4v) is 2.67. The molecular formula is C18H16N2O3. The number of fused-ring (bicyclic) bond motifs is 1. The molecule has 2 heterocycles. The molecule has 3 aromatic rings. The Morgan fingerprint density at radius 1 is 1.17 bits per heavy atom. The van der Waals surface area contributed by atoms with E-state index in [2.05, 4.69) is 4.98 Å². The van der Waals surface area contributed by atoms with Crippen molar-refractivity contribution in [2.75, 3.05) is 6.61 Å². The van der Waals surface area contributed by atoms with Crippen LogP contribution in [-0.2, 0) is 4.74 Å². The summed E-state index contributed by atoms with van der Waals surface area (Å²) >= 11 is 0. The summed E-state index contributed by atoms with van der Waals surface area (Å²) in [5.74, 6) is -0.474. The average molecular weight is 308 g/mol. The smallest absolute Gasteiger partial charge is 0.342 e. The van der Waals surface area contributed by atoms with Crippen molar-refractivity contribution in [2.45, 2.75) is 13.8 Å². The summed E-state index contributed by atoms with van der Waals surface area (Å²) in [6.07, 6.45) is 1.57. The zero-order valence-corrected chi connectivity index (χ0v) is 12.9. The van der Waals surface area contributed by atoms with Gasteiger partial charge in [-0.2, -0.15) is 0 Å². The highest BCUT2D eigenvalue weighted by molar-refractivity contribution is 6.03. The largest absolute Gasteiger partial charge is 0.462 e. The maximum absolute atomic E-state index is 12.9. The topological polar surface area (TPSA) is 61.2 Å². The predicted octanol–water partition coefficient (Wildman–Crippen LogP) is 2.87. The van der Waals surface area contributed by atoms with E-state index < -0.39 is 5.97 Å². The van der Waals surface area contributed by atoms with Gasteiger partial charge in [-0.25, -0.2) is 4.79 Å². The molecule has 0 fully saturated rings. The monoisotopic (exact) mass is 308 g/mol. The van der Waals surface area contributed by atoms with Gasteiger partial charge in [0.2, 0.25) is 0 Å². The first-order valence-corrected chi connectivity index (χ1v) is 7.38. The summed E-state index contributed by atoms with van der Waals surface area (Å²) in [5.41, 5.74) is 1.72. The van der Waals surface area contributed by atoms with Crippen LogP contribution in [0.3, 0.4) is 0 Å². The molecule has 23 heavy (non-hydrogen) atoms. The number of esters is 1. The Morgan fingerprint density at radius 3 is 2.61 bits per heavy atom. The van der Waals surface area contributed by atoms with Crippen LogP contribution in [0.25, 0.3) is 16.6 Å². The standard InChI is InChI=1S/C18H16N2O3/c1-3-23-18(22)15-12(2)20(13-8-5-4-6-9-13)17(21)14-10-7-11-19-16(14)15/h4-11H,3H2,1-2H3. The quantitative estimate of drug-likeness (QED) is 0.698. The molecule has 0 saturated carbocycles. The van der Waals surface area contributed by atoms with Gasteiger partial charge in [0.1, 0.15) is 5.56 Å². The number of para-hydroxylation sites is 1. The number of benzene rings is 1. The molecule has 0 aliphatic carbocycles. The summed E-state index contributed by atoms with van der Waals surface area (Å²) in [7, 11) is 0. The normalized spacial score (nSPS) is 10.7. The Hall–Kier alpha value is -2.95. The van der Waals surface area contributed by atoms with Crippen molar-refractivity contribution in [1.82, 2.24) is 9.55 Å². The number of nitrogens with zero attached hydrogens (tertiary/aromatic N) is 2. The third-order valence-electron chi connectivity index (χ3n) is 3.67. The van der Waals surface area contributed by atoms with E-state index in [1.54, 1.807) is 32.2 Å². The van der Waals surface area contributed by atoms with Crippen LogP contribution in [0.1, 0.15) is 23.0 Å². The number of ether oxygens (including phenoxy) is 1. The summed E-state index contributed by atoms with van der Waals surface area (Å²) in [6.45, 7) is 3.74. The molecule has 0 saturated heterocycles. The van der Waals surface area contributed by atoms with Crippen LogP contribution >= 0.6 is 0 Å². The SMILES string of the molecule is CCOC(=O)c1c(C)n(-c2ccccc2)c(=O)c2cccnc12. The zero-order valence-electron chi connectivity index (χ0n) is 12.9. The number of carbonyl (C=O) groups excluding carboxylic acids is 1. The molecule has 0 radical (unpaired) electrons. The minimum atomic E-state index is -0.474. The molecule has 0 unspecified atom stereocenters. The van der Waals surface area contributed by atoms with Crippen molar-refractivity contribution >= 4 is 16.9 Å². The van der Waals surface area contributed by atoms with Crippen LogP contribution in [0, 0.1) is 6.92 Å². The van der Waals surface area contributed by atoms with E-state index in [0.29, 0.717) is 27.8 Å². The van der Waals surface area contributed by atoms with Gasteiger partial charge in [0.05, 0.1) is 17.5 Å². The van der Waals surface area contributed by atoms with Crippen LogP contribution in [0.15, 0.2) is 53.5 Å². The highest BCUT2D eigenvalue weighted by Gasteiger charge is 2.21. The number of carbonyl (C=O) groups is 1. The Morgan fingerprint density at radius 2 is 1.91 bits per heavy atom. The number of hydrogen-bond donors (Lipinski definition) is 0. The van der Waals surface area contributed by atoms with E-state index in [0.717, 1.165) is 0 Å². The summed E-state index contributed by atoms with van der Waals surface area (Å²) in [5, 5.41) is 0.394. The highest BCUT2D eigenvalue weighted by atomic mass is 16.5. The molecule has 0 amide bonds. The van der Waals surface area contributed by atoms with Gasteiger partial charge in [-0.3, -0.25) is 14.3 Å². The van der Waals surface area contributed by atoms with Crippen LogP contribution in [0.4, 0.5) is 0 Å². The van der Waals surface area contributed by atoms with Gasteiger partial charge < -0.3 is 4.74 Å². The van der Waals surface area contributed by atoms with Crippen molar-refractivity contribution < 1.29 is 9.53 Å². The molecule has 0 N–H and O–H groups in total. The molecule has 1 aromatic carbocycles. The van der Waals surface area contributed by atoms with Gasteiger partial charge in [0.25, 0.3) is 5.56 Å². The number of pyridine rings is 2. The van der Waals surface area contributed by atoms with Gasteiger partial charge >= 0.3 is 5.97 Å². The first-order chi connectivity index (χ1) is 11.1. The van der Waals surface area contributed by atoms with E-state index in [-0.39, 0.29) is 12.2 Å². The number of aromatic nitrogens is 2. The predicted molar refractivity (Wildman–Crippen MR) is 88.0 cm³/mol. The molecule has 116 valence electrons. The van der Waals surface area contributed by atoms with Gasteiger partial charge in [-0.15, -0.1) is 0 Å². The van der Waals surface area contributed by atoms with E-state index >= 15 is 0 Å². The average Bonchev–Trinajstić information content (AvgIpc) is 2.56. The molecule has 3 rings (SSSR count). The lowest BCUT2D eigenvalue weighted by Crippen LogP contribution is -2.25. The Kier molecular flexibility index (Phi) is 3.93. The lowest BCUT2D eigenvalue weighted by atomic mass is 10.1. The highest BCUT2D eigenvalue weighted by Crippen LogP contribution is 2.21. The van der Waals surface area contributed by atoms with Crippen LogP contribution in [0.2, 0.25) is 0 Å². The van der Waals surface area contributed by atoms with Crippen molar-refractivity contribution in [3.05, 3.63) is 70.3 Å². The fraction of sp³-hybridized carbons (Fsp3) is 0.167. The second kappa shape index (κ2) is 6.04. The minimum Gasteiger partial charge on any atom is -0.462 e. The molecule has 5 nitrogen and oxygen atoms in total. The fourth-order valence-electron chi connectivity index (χ4n) is 2.67. The maximum Gasteiger partial charge on any atom is 0.342 e. The number of hydrogen-bond acceptors (Lipinski definition) is 4. The number of rotatable bonds is 3. The molecular weight excluding hydrogens is 292 g/mol. The Bertz CT molecular complexity index is 930. The molecule has 5 heteroatoms.